The van der Waals surface area contributed by atoms with Gasteiger partial charge in [0.05, 0.1) is 32.5 Å². The highest BCUT2D eigenvalue weighted by molar-refractivity contribution is 6.02. The van der Waals surface area contributed by atoms with Gasteiger partial charge in [-0.2, -0.15) is 0 Å². The van der Waals surface area contributed by atoms with Gasteiger partial charge in [0.1, 0.15) is 29.4 Å². The molecule has 3 atom stereocenters. The molecule has 2 aliphatic heterocycles. The van der Waals surface area contributed by atoms with Crippen LogP contribution in [0.25, 0.3) is 6.08 Å². The van der Waals surface area contributed by atoms with Crippen molar-refractivity contribution in [1.29, 1.82) is 0 Å². The molecule has 51 heavy (non-hydrogen) atoms. The summed E-state index contributed by atoms with van der Waals surface area (Å²) in [5.41, 5.74) is -0.573. The molecule has 3 aromatic carbocycles. The van der Waals surface area contributed by atoms with Crippen LogP contribution < -0.4 is 20.7 Å². The summed E-state index contributed by atoms with van der Waals surface area (Å²) >= 11 is 0. The molecule has 2 N–H and O–H groups in total. The summed E-state index contributed by atoms with van der Waals surface area (Å²) in [7, 11) is 3.16. The molecule has 2 amide bonds. The van der Waals surface area contributed by atoms with Gasteiger partial charge < -0.3 is 28.9 Å². The third-order valence-corrected chi connectivity index (χ3v) is 8.73. The Balaban J connectivity index is 1.27. The Morgan fingerprint density at radius 2 is 1.45 bits per heavy atom. The van der Waals surface area contributed by atoms with Crippen molar-refractivity contribution in [2.24, 2.45) is 0 Å². The number of H-pyrrole nitrogens is 1. The van der Waals surface area contributed by atoms with Crippen molar-refractivity contribution >= 4 is 23.9 Å². The van der Waals surface area contributed by atoms with E-state index in [2.05, 4.69) is 4.98 Å². The maximum atomic E-state index is 12.9. The minimum Gasteiger partial charge on any atom is -0.497 e. The van der Waals surface area contributed by atoms with Crippen LogP contribution in [0.2, 0.25) is 0 Å². The van der Waals surface area contributed by atoms with Crippen molar-refractivity contribution in [1.82, 2.24) is 14.6 Å². The number of aliphatic hydroxyl groups is 1. The predicted molar refractivity (Wildman–Crippen MR) is 180 cm³/mol. The Morgan fingerprint density at radius 1 is 0.882 bits per heavy atom. The molecule has 2 fully saturated rings. The van der Waals surface area contributed by atoms with E-state index < -0.39 is 53.1 Å². The van der Waals surface area contributed by atoms with Gasteiger partial charge in [0.25, 0.3) is 17.4 Å². The van der Waals surface area contributed by atoms with Crippen LogP contribution in [-0.4, -0.2) is 70.5 Å². The average Bonchev–Trinajstić information content (AvgIpc) is 3.68. The number of aromatic nitrogens is 2. The lowest BCUT2D eigenvalue weighted by molar-refractivity contribution is -0.193. The molecule has 14 nitrogen and oxygen atoms in total. The van der Waals surface area contributed by atoms with E-state index >= 15 is 0 Å². The lowest BCUT2D eigenvalue weighted by Gasteiger charge is -2.37. The number of nitrogens with zero attached hydrogens (tertiary/aromatic N) is 2. The van der Waals surface area contributed by atoms with E-state index in [0.29, 0.717) is 16.6 Å². The van der Waals surface area contributed by atoms with Crippen molar-refractivity contribution < 1.29 is 43.3 Å². The highest BCUT2D eigenvalue weighted by atomic mass is 16.7. The number of benzene rings is 3. The fourth-order valence-electron chi connectivity index (χ4n) is 6.09. The van der Waals surface area contributed by atoms with E-state index in [9.17, 15) is 29.1 Å². The van der Waals surface area contributed by atoms with Gasteiger partial charge in [0.15, 0.2) is 0 Å². The Bertz CT molecular complexity index is 1980. The van der Waals surface area contributed by atoms with Crippen LogP contribution in [0.5, 0.6) is 11.5 Å². The van der Waals surface area contributed by atoms with E-state index in [1.807, 2.05) is 78.9 Å². The van der Waals surface area contributed by atoms with Gasteiger partial charge in [-0.05, 0) is 47.0 Å². The normalized spacial score (nSPS) is 19.1. The SMILES string of the molecule is COc1ccc(C(OC[C@H]2O[C@@H](n3cc(/C=C/C(=O)ON4C(=O)CCC4=O)c(=O)[nH]c3=O)C[C@@H]2O)(c2ccccc2)c2ccc(OC)cc2)cc1. The molecule has 14 heteroatoms. The van der Waals surface area contributed by atoms with Gasteiger partial charge in [-0.3, -0.25) is 23.9 Å². The second kappa shape index (κ2) is 15.0. The Morgan fingerprint density at radius 3 is 2.02 bits per heavy atom. The van der Waals surface area contributed by atoms with Gasteiger partial charge in [-0.1, -0.05) is 54.6 Å². The van der Waals surface area contributed by atoms with Gasteiger partial charge in [-0.15, -0.1) is 5.06 Å². The molecule has 264 valence electrons. The first-order valence-corrected chi connectivity index (χ1v) is 16.1. The minimum absolute atomic E-state index is 0.0201. The molecular weight excluding hydrogens is 662 g/mol. The van der Waals surface area contributed by atoms with Gasteiger partial charge >= 0.3 is 11.7 Å². The van der Waals surface area contributed by atoms with E-state index in [0.717, 1.165) is 33.4 Å². The van der Waals surface area contributed by atoms with Crippen LogP contribution in [0, 0.1) is 0 Å². The third-order valence-electron chi connectivity index (χ3n) is 8.73. The molecule has 0 radical (unpaired) electrons. The molecule has 2 saturated heterocycles. The fourth-order valence-corrected chi connectivity index (χ4v) is 6.09. The predicted octanol–water partition coefficient (Wildman–Crippen LogP) is 2.83. The molecule has 0 aliphatic carbocycles. The summed E-state index contributed by atoms with van der Waals surface area (Å²) in [4.78, 5) is 68.2. The van der Waals surface area contributed by atoms with Gasteiger partial charge in [0, 0.05) is 31.5 Å². The number of imide groups is 1. The number of aliphatic hydroxyl groups excluding tert-OH is 1. The van der Waals surface area contributed by atoms with Crippen molar-refractivity contribution in [3.8, 4) is 11.5 Å². The second-order valence-corrected chi connectivity index (χ2v) is 11.8. The topological polar surface area (TPSA) is 176 Å². The standard InChI is InChI=1S/C37H35N3O11/c1-47-27-13-9-25(10-14-27)37(24-6-4-3-5-7-24,26-11-15-28(48-2)16-12-26)49-22-30-29(41)20-33(50-30)39-21-23(35(45)38-36(39)46)8-19-34(44)51-40-31(42)17-18-32(40)43/h3-16,19,21,29-30,33,41H,17-18,20,22H2,1-2H3,(H,38,45,46)/b19-8+/t29-,30+,33+/m0/s1. The number of hydroxylamine groups is 2. The zero-order valence-electron chi connectivity index (χ0n) is 27.7. The molecule has 1 aromatic heterocycles. The number of nitrogens with one attached hydrogen (secondary N) is 1. The highest BCUT2D eigenvalue weighted by Crippen LogP contribution is 2.42. The molecule has 0 bridgehead atoms. The summed E-state index contributed by atoms with van der Waals surface area (Å²) in [5, 5.41) is 11.6. The van der Waals surface area contributed by atoms with Crippen molar-refractivity contribution in [2.75, 3.05) is 20.8 Å². The number of carbonyl (C=O) groups excluding carboxylic acids is 3. The molecule has 0 saturated carbocycles. The maximum absolute atomic E-state index is 12.9. The molecule has 0 unspecified atom stereocenters. The number of hydrogen-bond acceptors (Lipinski definition) is 11. The fraction of sp³-hybridized carbons (Fsp3) is 0.270. The summed E-state index contributed by atoms with van der Waals surface area (Å²) < 4.78 is 24.9. The lowest BCUT2D eigenvalue weighted by atomic mass is 9.80. The van der Waals surface area contributed by atoms with Crippen molar-refractivity contribution in [3.05, 3.63) is 134 Å². The Kier molecular flexibility index (Phi) is 10.3. The summed E-state index contributed by atoms with van der Waals surface area (Å²) in [6, 6.07) is 24.5. The molecule has 4 aromatic rings. The molecule has 3 heterocycles. The summed E-state index contributed by atoms with van der Waals surface area (Å²) in [6.07, 6.45) is -0.0471. The second-order valence-electron chi connectivity index (χ2n) is 11.8. The van der Waals surface area contributed by atoms with Crippen LogP contribution in [0.4, 0.5) is 0 Å². The zero-order valence-corrected chi connectivity index (χ0v) is 27.7. The first-order chi connectivity index (χ1) is 24.6. The van der Waals surface area contributed by atoms with Crippen LogP contribution >= 0.6 is 0 Å². The number of methoxy groups -OCH3 is 2. The Hall–Kier alpha value is -5.83. The number of amides is 2. The minimum atomic E-state index is -1.19. The van der Waals surface area contributed by atoms with Crippen molar-refractivity contribution in [2.45, 2.75) is 43.3 Å². The quantitative estimate of drug-likeness (QED) is 0.127. The van der Waals surface area contributed by atoms with Gasteiger partial charge in [-0.25, -0.2) is 9.59 Å². The van der Waals surface area contributed by atoms with E-state index in [1.54, 1.807) is 14.2 Å². The molecule has 0 spiro atoms. The number of aromatic amines is 1. The number of rotatable bonds is 12. The third kappa shape index (κ3) is 7.24. The summed E-state index contributed by atoms with van der Waals surface area (Å²) in [5.74, 6) is -1.07. The van der Waals surface area contributed by atoms with E-state index in [1.165, 1.54) is 6.20 Å². The monoisotopic (exact) mass is 697 g/mol. The molecular formula is C37H35N3O11. The first-order valence-electron chi connectivity index (χ1n) is 16.1. The van der Waals surface area contributed by atoms with Crippen molar-refractivity contribution in [3.63, 3.8) is 0 Å². The van der Waals surface area contributed by atoms with E-state index in [-0.39, 0.29) is 31.4 Å². The van der Waals surface area contributed by atoms with Crippen LogP contribution in [0.1, 0.15) is 47.7 Å². The number of hydrogen-bond donors (Lipinski definition) is 2. The van der Waals surface area contributed by atoms with Gasteiger partial charge in [0.2, 0.25) is 0 Å². The lowest BCUT2D eigenvalue weighted by Crippen LogP contribution is -2.38. The van der Waals surface area contributed by atoms with Crippen LogP contribution in [-0.2, 0) is 34.3 Å². The molecule has 2 aliphatic rings. The van der Waals surface area contributed by atoms with E-state index in [4.69, 9.17) is 23.8 Å². The summed E-state index contributed by atoms with van der Waals surface area (Å²) in [6.45, 7) is -0.116. The average molecular weight is 698 g/mol. The smallest absolute Gasteiger partial charge is 0.356 e. The van der Waals surface area contributed by atoms with Crippen LogP contribution in [0.3, 0.4) is 0 Å². The Labute approximate surface area is 291 Å². The largest absolute Gasteiger partial charge is 0.497 e. The first kappa shape index (κ1) is 35.0. The molecule has 6 rings (SSSR count). The maximum Gasteiger partial charge on any atom is 0.356 e. The number of ether oxygens (including phenoxy) is 4. The highest BCUT2D eigenvalue weighted by Gasteiger charge is 2.42. The zero-order chi connectivity index (χ0) is 36.1. The van der Waals surface area contributed by atoms with Crippen LogP contribution in [0.15, 0.2) is 101 Å². The number of carbonyl (C=O) groups is 3.